The molecule has 25 heavy (non-hydrogen) atoms. The third-order valence-corrected chi connectivity index (χ3v) is 3.69. The van der Waals surface area contributed by atoms with Gasteiger partial charge in [-0.2, -0.15) is 0 Å². The number of aromatic nitrogens is 1. The molecule has 1 saturated heterocycles. The largest absolute Gasteiger partial charge is 0.466 e. The van der Waals surface area contributed by atoms with Gasteiger partial charge in [-0.15, -0.1) is 0 Å². The summed E-state index contributed by atoms with van der Waals surface area (Å²) in [4.78, 5) is 37.4. The van der Waals surface area contributed by atoms with Gasteiger partial charge < -0.3 is 24.2 Å². The number of amides is 2. The Morgan fingerprint density at radius 1 is 1.40 bits per heavy atom. The van der Waals surface area contributed by atoms with Gasteiger partial charge in [0.25, 0.3) is 0 Å². The highest BCUT2D eigenvalue weighted by Crippen LogP contribution is 2.14. The fourth-order valence-electron chi connectivity index (χ4n) is 2.52. The van der Waals surface area contributed by atoms with Crippen LogP contribution in [0.2, 0.25) is 0 Å². The van der Waals surface area contributed by atoms with Crippen molar-refractivity contribution in [3.05, 3.63) is 12.3 Å². The molecular formula is C16H23N3O6. The summed E-state index contributed by atoms with van der Waals surface area (Å²) in [5.74, 6) is -0.837. The van der Waals surface area contributed by atoms with Crippen LogP contribution in [0.1, 0.15) is 32.6 Å². The van der Waals surface area contributed by atoms with Crippen LogP contribution in [0.4, 0.5) is 5.82 Å². The van der Waals surface area contributed by atoms with Crippen molar-refractivity contribution in [3.63, 3.8) is 0 Å². The molecule has 0 radical (unpaired) electrons. The highest BCUT2D eigenvalue weighted by molar-refractivity contribution is 5.94. The molecule has 1 N–H and O–H groups in total. The van der Waals surface area contributed by atoms with Gasteiger partial charge in [0.05, 0.1) is 25.7 Å². The first-order valence-electron chi connectivity index (χ1n) is 8.33. The molecule has 1 aromatic heterocycles. The number of rotatable bonds is 9. The van der Waals surface area contributed by atoms with Gasteiger partial charge in [-0.1, -0.05) is 5.16 Å². The molecule has 0 bridgehead atoms. The SMILES string of the molecule is CCOC(=O)CCC(=O)N(CC(=O)Nc1ccon1)CC1CCCO1. The molecule has 1 aliphatic rings. The van der Waals surface area contributed by atoms with Gasteiger partial charge in [-0.05, 0) is 19.8 Å². The molecular weight excluding hydrogens is 330 g/mol. The lowest BCUT2D eigenvalue weighted by atomic mass is 10.2. The van der Waals surface area contributed by atoms with E-state index >= 15 is 0 Å². The molecule has 138 valence electrons. The molecule has 1 fully saturated rings. The predicted octanol–water partition coefficient (Wildman–Crippen LogP) is 0.964. The summed E-state index contributed by atoms with van der Waals surface area (Å²) in [7, 11) is 0. The first-order chi connectivity index (χ1) is 12.1. The van der Waals surface area contributed by atoms with E-state index in [9.17, 15) is 14.4 Å². The summed E-state index contributed by atoms with van der Waals surface area (Å²) in [5, 5.41) is 6.14. The second kappa shape index (κ2) is 9.77. The minimum atomic E-state index is -0.431. The van der Waals surface area contributed by atoms with Crippen molar-refractivity contribution >= 4 is 23.6 Å². The van der Waals surface area contributed by atoms with E-state index in [1.165, 1.54) is 17.2 Å². The second-order valence-corrected chi connectivity index (χ2v) is 5.65. The molecule has 0 saturated carbocycles. The highest BCUT2D eigenvalue weighted by Gasteiger charge is 2.25. The molecule has 0 aromatic carbocycles. The Balaban J connectivity index is 1.90. The van der Waals surface area contributed by atoms with E-state index in [-0.39, 0.29) is 43.8 Å². The lowest BCUT2D eigenvalue weighted by Crippen LogP contribution is -2.42. The number of esters is 1. The molecule has 0 spiro atoms. The predicted molar refractivity (Wildman–Crippen MR) is 86.6 cm³/mol. The number of hydrogen-bond acceptors (Lipinski definition) is 7. The fraction of sp³-hybridized carbons (Fsp3) is 0.625. The van der Waals surface area contributed by atoms with E-state index in [0.29, 0.717) is 13.2 Å². The summed E-state index contributed by atoms with van der Waals surface area (Å²) in [6, 6.07) is 1.50. The van der Waals surface area contributed by atoms with Gasteiger partial charge in [-0.3, -0.25) is 14.4 Å². The Hall–Kier alpha value is -2.42. The number of ether oxygens (including phenoxy) is 2. The van der Waals surface area contributed by atoms with E-state index in [4.69, 9.17) is 9.47 Å². The van der Waals surface area contributed by atoms with Gasteiger partial charge in [-0.25, -0.2) is 0 Å². The number of nitrogens with one attached hydrogen (secondary N) is 1. The topological polar surface area (TPSA) is 111 Å². The number of nitrogens with zero attached hydrogens (tertiary/aromatic N) is 2. The smallest absolute Gasteiger partial charge is 0.306 e. The molecule has 0 aliphatic carbocycles. The van der Waals surface area contributed by atoms with Crippen LogP contribution in [0.3, 0.4) is 0 Å². The number of carbonyl (C=O) groups is 3. The lowest BCUT2D eigenvalue weighted by Gasteiger charge is -2.24. The second-order valence-electron chi connectivity index (χ2n) is 5.65. The van der Waals surface area contributed by atoms with Crippen LogP contribution in [-0.2, 0) is 23.9 Å². The monoisotopic (exact) mass is 353 g/mol. The molecule has 1 atom stereocenters. The zero-order valence-electron chi connectivity index (χ0n) is 14.2. The summed E-state index contributed by atoms with van der Waals surface area (Å²) in [6.45, 7) is 2.80. The number of anilines is 1. The number of hydrogen-bond donors (Lipinski definition) is 1. The van der Waals surface area contributed by atoms with E-state index in [1.807, 2.05) is 0 Å². The summed E-state index contributed by atoms with van der Waals surface area (Å²) in [6.07, 6.45) is 2.99. The molecule has 1 aromatic rings. The fourth-order valence-corrected chi connectivity index (χ4v) is 2.52. The average Bonchev–Trinajstić information content (AvgIpc) is 3.26. The van der Waals surface area contributed by atoms with Gasteiger partial charge in [0.1, 0.15) is 6.26 Å². The van der Waals surface area contributed by atoms with Gasteiger partial charge in [0, 0.05) is 25.6 Å². The van der Waals surface area contributed by atoms with Gasteiger partial charge in [0.15, 0.2) is 5.82 Å². The van der Waals surface area contributed by atoms with Gasteiger partial charge >= 0.3 is 5.97 Å². The first kappa shape index (κ1) is 18.9. The maximum Gasteiger partial charge on any atom is 0.306 e. The molecule has 1 unspecified atom stereocenters. The van der Waals surface area contributed by atoms with Crippen molar-refractivity contribution in [1.29, 1.82) is 0 Å². The van der Waals surface area contributed by atoms with Crippen LogP contribution in [0, 0.1) is 0 Å². The normalized spacial score (nSPS) is 16.4. The molecule has 9 nitrogen and oxygen atoms in total. The minimum Gasteiger partial charge on any atom is -0.466 e. The average molecular weight is 353 g/mol. The Bertz CT molecular complexity index is 568. The summed E-state index contributed by atoms with van der Waals surface area (Å²) < 4.78 is 15.0. The Morgan fingerprint density at radius 3 is 2.88 bits per heavy atom. The molecule has 2 amide bonds. The third-order valence-electron chi connectivity index (χ3n) is 3.69. The zero-order chi connectivity index (χ0) is 18.1. The standard InChI is InChI=1S/C16H23N3O6/c1-2-23-16(22)6-5-15(21)19(10-12-4-3-8-24-12)11-14(20)17-13-7-9-25-18-13/h7,9,12H,2-6,8,10-11H2,1H3,(H,17,18,20). The Labute approximate surface area is 145 Å². The van der Waals surface area contributed by atoms with Crippen molar-refractivity contribution < 1.29 is 28.4 Å². The van der Waals surface area contributed by atoms with Crippen LogP contribution in [0.5, 0.6) is 0 Å². The Kier molecular flexibility index (Phi) is 7.39. The summed E-state index contributed by atoms with van der Waals surface area (Å²) in [5.41, 5.74) is 0. The van der Waals surface area contributed by atoms with Crippen molar-refractivity contribution in [1.82, 2.24) is 10.1 Å². The van der Waals surface area contributed by atoms with E-state index in [0.717, 1.165) is 12.8 Å². The molecule has 1 aliphatic heterocycles. The van der Waals surface area contributed by atoms with Crippen LogP contribution < -0.4 is 5.32 Å². The summed E-state index contributed by atoms with van der Waals surface area (Å²) >= 11 is 0. The first-order valence-corrected chi connectivity index (χ1v) is 8.33. The minimum absolute atomic E-state index is 0.0111. The zero-order valence-corrected chi connectivity index (χ0v) is 14.2. The van der Waals surface area contributed by atoms with E-state index in [2.05, 4.69) is 15.0 Å². The molecule has 2 heterocycles. The van der Waals surface area contributed by atoms with E-state index < -0.39 is 11.9 Å². The maximum atomic E-state index is 12.4. The van der Waals surface area contributed by atoms with Crippen LogP contribution in [-0.4, -0.2) is 60.2 Å². The number of carbonyl (C=O) groups excluding carboxylic acids is 3. The van der Waals surface area contributed by atoms with Crippen molar-refractivity contribution in [2.24, 2.45) is 0 Å². The van der Waals surface area contributed by atoms with Crippen LogP contribution >= 0.6 is 0 Å². The molecule has 2 rings (SSSR count). The van der Waals surface area contributed by atoms with Crippen molar-refractivity contribution in [2.75, 3.05) is 31.6 Å². The third kappa shape index (κ3) is 6.54. The van der Waals surface area contributed by atoms with E-state index in [1.54, 1.807) is 6.92 Å². The van der Waals surface area contributed by atoms with Crippen LogP contribution in [0.15, 0.2) is 16.9 Å². The lowest BCUT2D eigenvalue weighted by molar-refractivity contribution is -0.146. The van der Waals surface area contributed by atoms with Crippen LogP contribution in [0.25, 0.3) is 0 Å². The molecule has 9 heteroatoms. The van der Waals surface area contributed by atoms with Gasteiger partial charge in [0.2, 0.25) is 11.8 Å². The quantitative estimate of drug-likeness (QED) is 0.658. The maximum absolute atomic E-state index is 12.4. The Morgan fingerprint density at radius 2 is 2.24 bits per heavy atom. The van der Waals surface area contributed by atoms with Crippen molar-refractivity contribution in [3.8, 4) is 0 Å². The highest BCUT2D eigenvalue weighted by atomic mass is 16.5. The van der Waals surface area contributed by atoms with Crippen molar-refractivity contribution in [2.45, 2.75) is 38.7 Å².